The van der Waals surface area contributed by atoms with Crippen molar-refractivity contribution in [3.8, 4) is 0 Å². The predicted molar refractivity (Wildman–Crippen MR) is 74.1 cm³/mol. The van der Waals surface area contributed by atoms with Crippen molar-refractivity contribution in [1.29, 1.82) is 0 Å². The summed E-state index contributed by atoms with van der Waals surface area (Å²) in [6.45, 7) is 2.30. The fraction of sp³-hybridized carbons (Fsp3) is 0.231. The number of nitrogens with zero attached hydrogens (tertiary/aromatic N) is 3. The second-order valence-electron chi connectivity index (χ2n) is 4.71. The van der Waals surface area contributed by atoms with Crippen molar-refractivity contribution >= 4 is 23.3 Å². The molecule has 7 heteroatoms. The number of rotatable bonds is 2. The summed E-state index contributed by atoms with van der Waals surface area (Å²) in [6, 6.07) is 2.11. The predicted octanol–water partition coefficient (Wildman–Crippen LogP) is 3.07. The van der Waals surface area contributed by atoms with Crippen LogP contribution in [0, 0.1) is 23.3 Å². The van der Waals surface area contributed by atoms with Gasteiger partial charge >= 0.3 is 0 Å². The Labute approximate surface area is 118 Å². The standard InChI is InChI=1S/C13H12F2N4S/c1-7-8(5-18(2)17-7)6-19-11-4-9(14)3-10(15)12(11)16-13(19)20/h3-5H,6H2,1-2H3,(H,16,20). The third-order valence-electron chi connectivity index (χ3n) is 3.25. The largest absolute Gasteiger partial charge is 0.328 e. The van der Waals surface area contributed by atoms with E-state index in [9.17, 15) is 8.78 Å². The maximum absolute atomic E-state index is 13.7. The second-order valence-corrected chi connectivity index (χ2v) is 5.10. The highest BCUT2D eigenvalue weighted by atomic mass is 32.1. The van der Waals surface area contributed by atoms with Gasteiger partial charge in [0.15, 0.2) is 10.6 Å². The molecular weight excluding hydrogens is 282 g/mol. The lowest BCUT2D eigenvalue weighted by molar-refractivity contribution is 0.590. The minimum Gasteiger partial charge on any atom is -0.328 e. The second kappa shape index (κ2) is 4.52. The van der Waals surface area contributed by atoms with Crippen molar-refractivity contribution < 1.29 is 8.78 Å². The highest BCUT2D eigenvalue weighted by Crippen LogP contribution is 2.21. The summed E-state index contributed by atoms with van der Waals surface area (Å²) >= 11 is 5.20. The molecule has 1 aromatic carbocycles. The van der Waals surface area contributed by atoms with E-state index < -0.39 is 11.6 Å². The van der Waals surface area contributed by atoms with Gasteiger partial charge in [-0.15, -0.1) is 0 Å². The molecule has 1 N–H and O–H groups in total. The zero-order chi connectivity index (χ0) is 14.4. The number of imidazole rings is 1. The van der Waals surface area contributed by atoms with Crippen LogP contribution in [-0.2, 0) is 13.6 Å². The molecule has 0 bridgehead atoms. The Hall–Kier alpha value is -2.02. The summed E-state index contributed by atoms with van der Waals surface area (Å²) in [7, 11) is 1.82. The van der Waals surface area contributed by atoms with Crippen LogP contribution in [0.5, 0.6) is 0 Å². The summed E-state index contributed by atoms with van der Waals surface area (Å²) < 4.78 is 30.8. The molecule has 0 aliphatic heterocycles. The Morgan fingerprint density at radius 2 is 2.10 bits per heavy atom. The van der Waals surface area contributed by atoms with Crippen LogP contribution < -0.4 is 0 Å². The lowest BCUT2D eigenvalue weighted by atomic mass is 10.2. The van der Waals surface area contributed by atoms with Gasteiger partial charge in [-0.3, -0.25) is 4.68 Å². The Morgan fingerprint density at radius 3 is 2.75 bits per heavy atom. The number of hydrogen-bond acceptors (Lipinski definition) is 2. The fourth-order valence-corrected chi connectivity index (χ4v) is 2.58. The number of aryl methyl sites for hydroxylation is 2. The number of aromatic amines is 1. The number of benzene rings is 1. The minimum absolute atomic E-state index is 0.220. The highest BCUT2D eigenvalue weighted by Gasteiger charge is 2.13. The van der Waals surface area contributed by atoms with E-state index in [1.165, 1.54) is 6.07 Å². The molecule has 0 spiro atoms. The average molecular weight is 294 g/mol. The summed E-state index contributed by atoms with van der Waals surface area (Å²) in [6.07, 6.45) is 1.87. The van der Waals surface area contributed by atoms with Gasteiger partial charge < -0.3 is 9.55 Å². The molecule has 0 aliphatic rings. The van der Waals surface area contributed by atoms with Crippen LogP contribution in [0.1, 0.15) is 11.3 Å². The van der Waals surface area contributed by atoms with Gasteiger partial charge in [-0.2, -0.15) is 5.10 Å². The van der Waals surface area contributed by atoms with E-state index in [-0.39, 0.29) is 5.52 Å². The number of aromatic nitrogens is 4. The molecule has 0 radical (unpaired) electrons. The average Bonchev–Trinajstić information content (AvgIpc) is 2.82. The summed E-state index contributed by atoms with van der Waals surface area (Å²) in [5.41, 5.74) is 2.45. The van der Waals surface area contributed by atoms with Gasteiger partial charge in [-0.1, -0.05) is 0 Å². The van der Waals surface area contributed by atoms with Crippen molar-refractivity contribution in [3.63, 3.8) is 0 Å². The SMILES string of the molecule is Cc1nn(C)cc1Cn1c(=S)[nH]c2c(F)cc(F)cc21. The maximum Gasteiger partial charge on any atom is 0.178 e. The molecule has 2 heterocycles. The zero-order valence-corrected chi connectivity index (χ0v) is 11.8. The van der Waals surface area contributed by atoms with E-state index in [0.717, 1.165) is 17.3 Å². The molecular formula is C13H12F2N4S. The van der Waals surface area contributed by atoms with E-state index >= 15 is 0 Å². The Balaban J connectivity index is 2.19. The van der Waals surface area contributed by atoms with Gasteiger partial charge in [0.05, 0.1) is 17.8 Å². The monoisotopic (exact) mass is 294 g/mol. The third-order valence-corrected chi connectivity index (χ3v) is 3.57. The molecule has 0 saturated heterocycles. The van der Waals surface area contributed by atoms with Gasteiger partial charge in [0, 0.05) is 24.9 Å². The first-order valence-corrected chi connectivity index (χ1v) is 6.43. The van der Waals surface area contributed by atoms with E-state index in [0.29, 0.717) is 16.8 Å². The number of halogens is 2. The Morgan fingerprint density at radius 1 is 1.35 bits per heavy atom. The van der Waals surface area contributed by atoms with Crippen molar-refractivity contribution in [2.24, 2.45) is 7.05 Å². The van der Waals surface area contributed by atoms with E-state index in [1.54, 1.807) is 9.25 Å². The van der Waals surface area contributed by atoms with Gasteiger partial charge in [0.2, 0.25) is 0 Å². The lowest BCUT2D eigenvalue weighted by Crippen LogP contribution is -2.00. The summed E-state index contributed by atoms with van der Waals surface area (Å²) in [5.74, 6) is -1.27. The molecule has 3 aromatic rings. The quantitative estimate of drug-likeness (QED) is 0.738. The smallest absolute Gasteiger partial charge is 0.178 e. The van der Waals surface area contributed by atoms with Gasteiger partial charge in [-0.25, -0.2) is 8.78 Å². The first-order valence-electron chi connectivity index (χ1n) is 6.02. The molecule has 0 atom stereocenters. The molecule has 3 rings (SSSR count). The first kappa shape index (κ1) is 13.0. The van der Waals surface area contributed by atoms with Gasteiger partial charge in [-0.05, 0) is 25.2 Å². The molecule has 20 heavy (non-hydrogen) atoms. The summed E-state index contributed by atoms with van der Waals surface area (Å²) in [4.78, 5) is 2.78. The van der Waals surface area contributed by atoms with Crippen LogP contribution in [0.2, 0.25) is 0 Å². The molecule has 2 aromatic heterocycles. The van der Waals surface area contributed by atoms with Crippen LogP contribution in [0.15, 0.2) is 18.3 Å². The fourth-order valence-electron chi connectivity index (χ4n) is 2.31. The van der Waals surface area contributed by atoms with Crippen LogP contribution >= 0.6 is 12.2 Å². The normalized spacial score (nSPS) is 11.4. The van der Waals surface area contributed by atoms with Crippen molar-refractivity contribution in [1.82, 2.24) is 19.3 Å². The Bertz CT molecular complexity index is 859. The van der Waals surface area contributed by atoms with E-state index in [2.05, 4.69) is 10.1 Å². The van der Waals surface area contributed by atoms with E-state index in [4.69, 9.17) is 12.2 Å². The topological polar surface area (TPSA) is 38.5 Å². The molecule has 0 unspecified atom stereocenters. The van der Waals surface area contributed by atoms with Crippen molar-refractivity contribution in [2.45, 2.75) is 13.5 Å². The van der Waals surface area contributed by atoms with Crippen molar-refractivity contribution in [3.05, 3.63) is 46.0 Å². The Kier molecular flexibility index (Phi) is 2.93. The lowest BCUT2D eigenvalue weighted by Gasteiger charge is -2.03. The molecule has 0 saturated carbocycles. The summed E-state index contributed by atoms with van der Waals surface area (Å²) in [5, 5.41) is 4.25. The first-order chi connectivity index (χ1) is 9.45. The molecule has 0 amide bonds. The van der Waals surface area contributed by atoms with Gasteiger partial charge in [0.25, 0.3) is 0 Å². The van der Waals surface area contributed by atoms with Gasteiger partial charge in [0.1, 0.15) is 11.3 Å². The number of fused-ring (bicyclic) bond motifs is 1. The zero-order valence-electron chi connectivity index (χ0n) is 10.9. The van der Waals surface area contributed by atoms with Crippen LogP contribution in [0.25, 0.3) is 11.0 Å². The number of nitrogens with one attached hydrogen (secondary N) is 1. The minimum atomic E-state index is -0.646. The highest BCUT2D eigenvalue weighted by molar-refractivity contribution is 7.71. The number of hydrogen-bond donors (Lipinski definition) is 1. The third kappa shape index (κ3) is 2.03. The maximum atomic E-state index is 13.7. The number of H-pyrrole nitrogens is 1. The molecule has 0 aliphatic carbocycles. The van der Waals surface area contributed by atoms with Crippen LogP contribution in [0.4, 0.5) is 8.78 Å². The molecule has 104 valence electrons. The van der Waals surface area contributed by atoms with Crippen LogP contribution in [0.3, 0.4) is 0 Å². The molecule has 0 fully saturated rings. The molecule has 4 nitrogen and oxygen atoms in total. The van der Waals surface area contributed by atoms with Crippen LogP contribution in [-0.4, -0.2) is 19.3 Å². The van der Waals surface area contributed by atoms with Crippen molar-refractivity contribution in [2.75, 3.05) is 0 Å². The van der Waals surface area contributed by atoms with E-state index in [1.807, 2.05) is 20.2 Å².